The molecule has 2 aliphatic heterocycles. The van der Waals surface area contributed by atoms with Gasteiger partial charge in [-0.2, -0.15) is 13.2 Å². The van der Waals surface area contributed by atoms with E-state index >= 15 is 0 Å². The van der Waals surface area contributed by atoms with Gasteiger partial charge in [-0.3, -0.25) is 4.79 Å². The van der Waals surface area contributed by atoms with Gasteiger partial charge >= 0.3 is 6.18 Å². The van der Waals surface area contributed by atoms with Crippen LogP contribution in [0, 0.1) is 0 Å². The summed E-state index contributed by atoms with van der Waals surface area (Å²) in [5.41, 5.74) is -1.86. The fourth-order valence-electron chi connectivity index (χ4n) is 3.49. The van der Waals surface area contributed by atoms with Crippen LogP contribution in [0.4, 0.5) is 13.2 Å². The molecule has 1 atom stereocenters. The highest BCUT2D eigenvalue weighted by atomic mass is 35.5. The largest absolute Gasteiger partial charge is 0.416 e. The Kier molecular flexibility index (Phi) is 7.13. The van der Waals surface area contributed by atoms with Crippen LogP contribution < -0.4 is 5.32 Å². The summed E-state index contributed by atoms with van der Waals surface area (Å²) in [6, 6.07) is 4.80. The van der Waals surface area contributed by atoms with Gasteiger partial charge in [0.15, 0.2) is 0 Å². The van der Waals surface area contributed by atoms with E-state index in [0.29, 0.717) is 39.3 Å². The minimum absolute atomic E-state index is 0. The van der Waals surface area contributed by atoms with Crippen molar-refractivity contribution in [3.8, 4) is 0 Å². The lowest BCUT2D eigenvalue weighted by molar-refractivity contribution is -0.137. The highest BCUT2D eigenvalue weighted by molar-refractivity contribution is 5.85. The maximum absolute atomic E-state index is 12.9. The molecule has 0 saturated carbocycles. The first-order valence-corrected chi connectivity index (χ1v) is 8.77. The normalized spacial score (nSPS) is 22.8. The second-order valence-corrected chi connectivity index (χ2v) is 6.92. The van der Waals surface area contributed by atoms with Gasteiger partial charge < -0.3 is 20.1 Å². The maximum Gasteiger partial charge on any atom is 0.416 e. The van der Waals surface area contributed by atoms with Crippen molar-refractivity contribution in [2.75, 3.05) is 32.8 Å². The second kappa shape index (κ2) is 8.77. The number of alkyl halides is 3. The SMILES string of the molecule is Cl.O=C(CC1COCCN1)N1CCC(O)(c2cccc(C(F)(F)F)c2)CC1. The molecular weight excluding hydrogens is 385 g/mol. The highest BCUT2D eigenvalue weighted by Gasteiger charge is 2.38. The first-order valence-electron chi connectivity index (χ1n) is 8.77. The van der Waals surface area contributed by atoms with E-state index in [2.05, 4.69) is 5.32 Å². The number of rotatable bonds is 3. The number of likely N-dealkylation sites (tertiary alicyclic amines) is 1. The number of piperidine rings is 1. The zero-order valence-corrected chi connectivity index (χ0v) is 15.6. The minimum Gasteiger partial charge on any atom is -0.385 e. The van der Waals surface area contributed by atoms with E-state index < -0.39 is 17.3 Å². The molecule has 152 valence electrons. The Morgan fingerprint density at radius 3 is 2.63 bits per heavy atom. The van der Waals surface area contributed by atoms with Crippen LogP contribution in [0.2, 0.25) is 0 Å². The van der Waals surface area contributed by atoms with E-state index in [1.54, 1.807) is 4.90 Å². The molecule has 0 aliphatic carbocycles. The number of benzene rings is 1. The van der Waals surface area contributed by atoms with Crippen LogP contribution in [0.25, 0.3) is 0 Å². The summed E-state index contributed by atoms with van der Waals surface area (Å²) in [4.78, 5) is 14.1. The van der Waals surface area contributed by atoms with Crippen LogP contribution in [0.1, 0.15) is 30.4 Å². The van der Waals surface area contributed by atoms with Crippen molar-refractivity contribution in [2.24, 2.45) is 0 Å². The summed E-state index contributed by atoms with van der Waals surface area (Å²) in [5, 5.41) is 14.0. The van der Waals surface area contributed by atoms with Crippen LogP contribution in [-0.2, 0) is 21.3 Å². The molecule has 0 spiro atoms. The molecule has 0 radical (unpaired) electrons. The third-order valence-corrected chi connectivity index (χ3v) is 5.09. The van der Waals surface area contributed by atoms with Crippen LogP contribution in [0.15, 0.2) is 24.3 Å². The van der Waals surface area contributed by atoms with Gasteiger partial charge in [0, 0.05) is 32.1 Å². The standard InChI is InChI=1S/C18H23F3N2O3.ClH/c19-18(20,21)14-3-1-2-13(10-14)17(25)4-7-23(8-5-17)16(24)11-15-12-26-9-6-22-15;/h1-3,10,15,22,25H,4-9,11-12H2;1H. The Balaban J connectivity index is 0.00000261. The molecule has 2 fully saturated rings. The van der Waals surface area contributed by atoms with E-state index in [1.165, 1.54) is 12.1 Å². The Labute approximate surface area is 162 Å². The second-order valence-electron chi connectivity index (χ2n) is 6.92. The fourth-order valence-corrected chi connectivity index (χ4v) is 3.49. The number of carbonyl (C=O) groups is 1. The molecule has 0 aromatic heterocycles. The minimum atomic E-state index is -4.45. The quantitative estimate of drug-likeness (QED) is 0.805. The number of hydrogen-bond acceptors (Lipinski definition) is 4. The van der Waals surface area contributed by atoms with Gasteiger partial charge in [0.25, 0.3) is 0 Å². The van der Waals surface area contributed by atoms with Gasteiger partial charge in [0.05, 0.1) is 24.4 Å². The number of nitrogens with zero attached hydrogens (tertiary/aromatic N) is 1. The van der Waals surface area contributed by atoms with Crippen LogP contribution in [-0.4, -0.2) is 54.8 Å². The zero-order valence-electron chi connectivity index (χ0n) is 14.8. The smallest absolute Gasteiger partial charge is 0.385 e. The van der Waals surface area contributed by atoms with Crippen LogP contribution >= 0.6 is 12.4 Å². The first-order chi connectivity index (χ1) is 12.3. The van der Waals surface area contributed by atoms with Crippen molar-refractivity contribution < 1.29 is 27.8 Å². The number of amides is 1. The number of carbonyl (C=O) groups excluding carboxylic acids is 1. The van der Waals surface area contributed by atoms with E-state index in [-0.39, 0.29) is 42.8 Å². The third-order valence-electron chi connectivity index (χ3n) is 5.09. The molecule has 2 aliphatic rings. The number of morpholine rings is 1. The predicted molar refractivity (Wildman–Crippen MR) is 95.6 cm³/mol. The molecule has 1 aromatic carbocycles. The number of hydrogen-bond donors (Lipinski definition) is 2. The molecule has 2 N–H and O–H groups in total. The molecule has 3 rings (SSSR count). The Bertz CT molecular complexity index is 643. The molecule has 1 unspecified atom stereocenters. The topological polar surface area (TPSA) is 61.8 Å². The average Bonchev–Trinajstić information content (AvgIpc) is 2.62. The van der Waals surface area contributed by atoms with Crippen molar-refractivity contribution in [3.63, 3.8) is 0 Å². The average molecular weight is 409 g/mol. The summed E-state index contributed by atoms with van der Waals surface area (Å²) in [5.74, 6) is -0.0286. The van der Waals surface area contributed by atoms with Crippen molar-refractivity contribution in [1.29, 1.82) is 0 Å². The molecule has 5 nitrogen and oxygen atoms in total. The van der Waals surface area contributed by atoms with Crippen molar-refractivity contribution in [1.82, 2.24) is 10.2 Å². The summed E-state index contributed by atoms with van der Waals surface area (Å²) < 4.78 is 44.0. The van der Waals surface area contributed by atoms with Crippen LogP contribution in [0.5, 0.6) is 0 Å². The fraction of sp³-hybridized carbons (Fsp3) is 0.611. The molecule has 1 amide bonds. The van der Waals surface area contributed by atoms with Gasteiger partial charge in [-0.05, 0) is 30.5 Å². The first kappa shape index (κ1) is 21.9. The van der Waals surface area contributed by atoms with Crippen LogP contribution in [0.3, 0.4) is 0 Å². The summed E-state index contributed by atoms with van der Waals surface area (Å²) in [7, 11) is 0. The number of aliphatic hydroxyl groups is 1. The van der Waals surface area contributed by atoms with Crippen molar-refractivity contribution >= 4 is 18.3 Å². The third kappa shape index (κ3) is 5.34. The van der Waals surface area contributed by atoms with Gasteiger partial charge in [-0.15, -0.1) is 12.4 Å². The lowest BCUT2D eigenvalue weighted by Gasteiger charge is -2.39. The molecule has 27 heavy (non-hydrogen) atoms. The van der Waals surface area contributed by atoms with Crippen molar-refractivity contribution in [3.05, 3.63) is 35.4 Å². The number of ether oxygens (including phenoxy) is 1. The highest BCUT2D eigenvalue weighted by Crippen LogP contribution is 2.36. The summed E-state index contributed by atoms with van der Waals surface area (Å²) >= 11 is 0. The van der Waals surface area contributed by atoms with Crippen molar-refractivity contribution in [2.45, 2.75) is 37.1 Å². The molecule has 2 heterocycles. The van der Waals surface area contributed by atoms with Gasteiger partial charge in [0.1, 0.15) is 0 Å². The lowest BCUT2D eigenvalue weighted by Crippen LogP contribution is -2.49. The monoisotopic (exact) mass is 408 g/mol. The van der Waals surface area contributed by atoms with E-state index in [1.807, 2.05) is 0 Å². The predicted octanol–water partition coefficient (Wildman–Crippen LogP) is 2.32. The lowest BCUT2D eigenvalue weighted by atomic mass is 9.83. The van der Waals surface area contributed by atoms with E-state index in [0.717, 1.165) is 12.1 Å². The molecule has 2 saturated heterocycles. The maximum atomic E-state index is 12.9. The van der Waals surface area contributed by atoms with Gasteiger partial charge in [-0.25, -0.2) is 0 Å². The van der Waals surface area contributed by atoms with E-state index in [4.69, 9.17) is 4.74 Å². The summed E-state index contributed by atoms with van der Waals surface area (Å²) in [6.07, 6.45) is -3.69. The molecule has 1 aromatic rings. The number of nitrogens with one attached hydrogen (secondary N) is 1. The molecular formula is C18H24ClF3N2O3. The van der Waals surface area contributed by atoms with Gasteiger partial charge in [0.2, 0.25) is 5.91 Å². The summed E-state index contributed by atoms with van der Waals surface area (Å²) in [6.45, 7) is 2.48. The Hall–Kier alpha value is -1.35. The molecule has 9 heteroatoms. The molecule has 0 bridgehead atoms. The Morgan fingerprint density at radius 1 is 1.33 bits per heavy atom. The number of halogens is 4. The Morgan fingerprint density at radius 2 is 2.04 bits per heavy atom. The zero-order chi connectivity index (χ0) is 18.8. The van der Waals surface area contributed by atoms with E-state index in [9.17, 15) is 23.1 Å². The van der Waals surface area contributed by atoms with Gasteiger partial charge in [-0.1, -0.05) is 12.1 Å².